The number of hydrogen-bond donors (Lipinski definition) is 1. The Balaban J connectivity index is 2.23. The first-order valence-corrected chi connectivity index (χ1v) is 7.47. The molecule has 2 aliphatic rings. The summed E-state index contributed by atoms with van der Waals surface area (Å²) in [7, 11) is -2.87. The van der Waals surface area contributed by atoms with Crippen LogP contribution in [0.25, 0.3) is 0 Å². The van der Waals surface area contributed by atoms with Crippen LogP contribution < -0.4 is 5.32 Å². The van der Waals surface area contributed by atoms with Gasteiger partial charge in [0.25, 0.3) is 0 Å². The molecule has 0 aromatic heterocycles. The highest BCUT2D eigenvalue weighted by molar-refractivity contribution is 7.91. The van der Waals surface area contributed by atoms with Gasteiger partial charge in [0.15, 0.2) is 14.9 Å². The molecule has 0 aliphatic carbocycles. The van der Waals surface area contributed by atoms with Crippen LogP contribution in [0, 0.1) is 0 Å². The van der Waals surface area contributed by atoms with E-state index in [1.54, 1.807) is 0 Å². The van der Waals surface area contributed by atoms with E-state index in [-0.39, 0.29) is 23.6 Å². The molecule has 86 valence electrons. The van der Waals surface area contributed by atoms with Crippen LogP contribution in [0.1, 0.15) is 20.3 Å². The SMILES string of the molecule is CC[C@H](C)N1C(=S)N[C@H]2CS(=O)(=O)C[C@@H]21. The number of nitrogens with zero attached hydrogens (tertiary/aromatic N) is 1. The normalized spacial score (nSPS) is 35.1. The molecule has 0 spiro atoms. The fourth-order valence-corrected chi connectivity index (χ4v) is 4.72. The van der Waals surface area contributed by atoms with E-state index in [9.17, 15) is 8.42 Å². The quantitative estimate of drug-likeness (QED) is 0.705. The number of nitrogens with one attached hydrogen (secondary N) is 1. The first kappa shape index (κ1) is 11.1. The van der Waals surface area contributed by atoms with Gasteiger partial charge in [0.2, 0.25) is 0 Å². The molecule has 0 amide bonds. The van der Waals surface area contributed by atoms with Gasteiger partial charge in [-0.25, -0.2) is 8.42 Å². The molecule has 0 radical (unpaired) electrons. The van der Waals surface area contributed by atoms with E-state index in [1.807, 2.05) is 0 Å². The van der Waals surface area contributed by atoms with Crippen molar-refractivity contribution in [2.75, 3.05) is 11.5 Å². The molecule has 0 unspecified atom stereocenters. The zero-order valence-electron chi connectivity index (χ0n) is 8.93. The van der Waals surface area contributed by atoms with Gasteiger partial charge >= 0.3 is 0 Å². The number of sulfone groups is 1. The van der Waals surface area contributed by atoms with Crippen molar-refractivity contribution in [3.05, 3.63) is 0 Å². The molecule has 6 heteroatoms. The second-order valence-electron chi connectivity index (χ2n) is 4.36. The summed E-state index contributed by atoms with van der Waals surface area (Å²) in [4.78, 5) is 2.06. The van der Waals surface area contributed by atoms with Gasteiger partial charge in [-0.05, 0) is 25.6 Å². The molecule has 0 aromatic carbocycles. The lowest BCUT2D eigenvalue weighted by Gasteiger charge is -2.29. The Morgan fingerprint density at radius 2 is 2.27 bits per heavy atom. The smallest absolute Gasteiger partial charge is 0.169 e. The van der Waals surface area contributed by atoms with Crippen LogP contribution in [0.3, 0.4) is 0 Å². The Kier molecular flexibility index (Phi) is 2.66. The molecule has 2 heterocycles. The third-order valence-corrected chi connectivity index (χ3v) is 5.33. The molecule has 2 rings (SSSR count). The zero-order valence-corrected chi connectivity index (χ0v) is 10.6. The lowest BCUT2D eigenvalue weighted by molar-refractivity contribution is 0.279. The fourth-order valence-electron chi connectivity index (χ4n) is 2.35. The van der Waals surface area contributed by atoms with Crippen molar-refractivity contribution >= 4 is 27.2 Å². The summed E-state index contributed by atoms with van der Waals surface area (Å²) in [5.41, 5.74) is 0. The Morgan fingerprint density at radius 1 is 1.60 bits per heavy atom. The van der Waals surface area contributed by atoms with Crippen molar-refractivity contribution in [2.45, 2.75) is 38.4 Å². The van der Waals surface area contributed by atoms with Gasteiger partial charge in [-0.1, -0.05) is 6.92 Å². The standard InChI is InChI=1S/C9H16N2O2S2/c1-3-6(2)11-8-5-15(12,13)4-7(8)10-9(11)14/h6-8H,3-5H2,1-2H3,(H,10,14)/t6-,7-,8-/m0/s1. The van der Waals surface area contributed by atoms with Gasteiger partial charge in [-0.15, -0.1) is 0 Å². The minimum atomic E-state index is -2.87. The Hall–Kier alpha value is -0.360. The summed E-state index contributed by atoms with van der Waals surface area (Å²) >= 11 is 5.23. The van der Waals surface area contributed by atoms with Crippen molar-refractivity contribution in [3.8, 4) is 0 Å². The van der Waals surface area contributed by atoms with E-state index in [2.05, 4.69) is 24.1 Å². The second-order valence-corrected chi connectivity index (χ2v) is 6.91. The van der Waals surface area contributed by atoms with Crippen LogP contribution in [-0.4, -0.2) is 48.1 Å². The number of thiocarbonyl (C=S) groups is 1. The maximum absolute atomic E-state index is 11.5. The molecule has 2 aliphatic heterocycles. The summed E-state index contributed by atoms with van der Waals surface area (Å²) < 4.78 is 23.0. The lowest BCUT2D eigenvalue weighted by atomic mass is 10.1. The molecule has 2 fully saturated rings. The van der Waals surface area contributed by atoms with Gasteiger partial charge < -0.3 is 10.2 Å². The number of hydrogen-bond acceptors (Lipinski definition) is 3. The van der Waals surface area contributed by atoms with Crippen LogP contribution in [-0.2, 0) is 9.84 Å². The van der Waals surface area contributed by atoms with E-state index in [1.165, 1.54) is 0 Å². The minimum Gasteiger partial charge on any atom is -0.357 e. The van der Waals surface area contributed by atoms with Gasteiger partial charge in [0.1, 0.15) is 0 Å². The van der Waals surface area contributed by atoms with Crippen LogP contribution in [0.4, 0.5) is 0 Å². The molecule has 0 bridgehead atoms. The van der Waals surface area contributed by atoms with Gasteiger partial charge in [0.05, 0.1) is 23.6 Å². The highest BCUT2D eigenvalue weighted by Crippen LogP contribution is 2.26. The minimum absolute atomic E-state index is 0.0106. The zero-order chi connectivity index (χ0) is 11.2. The molecule has 2 saturated heterocycles. The predicted molar refractivity (Wildman–Crippen MR) is 63.6 cm³/mol. The monoisotopic (exact) mass is 248 g/mol. The number of fused-ring (bicyclic) bond motifs is 1. The van der Waals surface area contributed by atoms with E-state index >= 15 is 0 Å². The molecule has 15 heavy (non-hydrogen) atoms. The van der Waals surface area contributed by atoms with Gasteiger partial charge in [-0.3, -0.25) is 0 Å². The fraction of sp³-hybridized carbons (Fsp3) is 0.889. The third-order valence-electron chi connectivity index (χ3n) is 3.29. The van der Waals surface area contributed by atoms with Crippen molar-refractivity contribution in [1.82, 2.24) is 10.2 Å². The third kappa shape index (κ3) is 1.85. The van der Waals surface area contributed by atoms with Crippen LogP contribution in [0.15, 0.2) is 0 Å². The second kappa shape index (κ2) is 3.59. The summed E-state index contributed by atoms with van der Waals surface area (Å²) in [5, 5.41) is 3.83. The summed E-state index contributed by atoms with van der Waals surface area (Å²) in [5.74, 6) is 0.472. The lowest BCUT2D eigenvalue weighted by Crippen LogP contribution is -2.42. The van der Waals surface area contributed by atoms with Gasteiger partial charge in [0, 0.05) is 6.04 Å². The van der Waals surface area contributed by atoms with Crippen LogP contribution >= 0.6 is 12.2 Å². The molecular weight excluding hydrogens is 232 g/mol. The average Bonchev–Trinajstić information content (AvgIpc) is 2.54. The molecule has 0 saturated carbocycles. The van der Waals surface area contributed by atoms with Crippen molar-refractivity contribution < 1.29 is 8.42 Å². The molecule has 1 N–H and O–H groups in total. The maximum Gasteiger partial charge on any atom is 0.169 e. The first-order valence-electron chi connectivity index (χ1n) is 5.24. The highest BCUT2D eigenvalue weighted by atomic mass is 32.2. The molecule has 4 nitrogen and oxygen atoms in total. The Labute approximate surface area is 95.9 Å². The average molecular weight is 248 g/mol. The van der Waals surface area contributed by atoms with E-state index in [0.29, 0.717) is 11.2 Å². The van der Waals surface area contributed by atoms with E-state index < -0.39 is 9.84 Å². The molecular formula is C9H16N2O2S2. The molecule has 0 aromatic rings. The number of rotatable bonds is 2. The maximum atomic E-state index is 11.5. The summed E-state index contributed by atoms with van der Waals surface area (Å²) in [6.07, 6.45) is 0.977. The highest BCUT2D eigenvalue weighted by Gasteiger charge is 2.47. The van der Waals surface area contributed by atoms with E-state index in [4.69, 9.17) is 12.2 Å². The topological polar surface area (TPSA) is 49.4 Å². The van der Waals surface area contributed by atoms with Crippen molar-refractivity contribution in [1.29, 1.82) is 0 Å². The summed E-state index contributed by atoms with van der Waals surface area (Å²) in [6, 6.07) is 0.377. The Bertz CT molecular complexity index is 380. The van der Waals surface area contributed by atoms with Crippen molar-refractivity contribution in [2.24, 2.45) is 0 Å². The van der Waals surface area contributed by atoms with Gasteiger partial charge in [-0.2, -0.15) is 0 Å². The summed E-state index contributed by atoms with van der Waals surface area (Å²) in [6.45, 7) is 4.17. The van der Waals surface area contributed by atoms with E-state index in [0.717, 1.165) is 6.42 Å². The Morgan fingerprint density at radius 3 is 2.87 bits per heavy atom. The largest absolute Gasteiger partial charge is 0.357 e. The molecule has 3 atom stereocenters. The first-order chi connectivity index (χ1) is 6.94. The van der Waals surface area contributed by atoms with Crippen LogP contribution in [0.5, 0.6) is 0 Å². The van der Waals surface area contributed by atoms with Crippen molar-refractivity contribution in [3.63, 3.8) is 0 Å². The predicted octanol–water partition coefficient (Wildman–Crippen LogP) is 0.141. The van der Waals surface area contributed by atoms with Crippen LogP contribution in [0.2, 0.25) is 0 Å².